The average Bonchev–Trinajstić information content (AvgIpc) is 2.69. The zero-order valence-electron chi connectivity index (χ0n) is 16.4. The van der Waals surface area contributed by atoms with E-state index >= 15 is 0 Å². The fraction of sp³-hybridized carbons (Fsp3) is 0.350. The van der Waals surface area contributed by atoms with Crippen LogP contribution in [-0.2, 0) is 25.9 Å². The van der Waals surface area contributed by atoms with Gasteiger partial charge in [0.25, 0.3) is 0 Å². The van der Waals surface area contributed by atoms with Gasteiger partial charge in [0.15, 0.2) is 0 Å². The number of nitrogens with one attached hydrogen (secondary N) is 1. The van der Waals surface area contributed by atoms with Gasteiger partial charge in [-0.2, -0.15) is 0 Å². The molecule has 0 fully saturated rings. The van der Waals surface area contributed by atoms with Crippen molar-refractivity contribution in [2.45, 2.75) is 11.3 Å². The quantitative estimate of drug-likeness (QED) is 0.436. The van der Waals surface area contributed by atoms with E-state index in [1.165, 1.54) is 12.1 Å². The van der Waals surface area contributed by atoms with Crippen molar-refractivity contribution in [3.63, 3.8) is 0 Å². The van der Waals surface area contributed by atoms with Gasteiger partial charge in [-0.05, 0) is 48.4 Å². The summed E-state index contributed by atoms with van der Waals surface area (Å²) in [5, 5.41) is 8.23. The number of hydrogen-bond acceptors (Lipinski definition) is 6. The van der Waals surface area contributed by atoms with Crippen LogP contribution in [-0.4, -0.2) is 54.3 Å². The third kappa shape index (κ3) is 6.91. The number of sulfonamides is 1. The molecular weight excluding hydrogens is 394 g/mol. The Morgan fingerprint density at radius 3 is 2.38 bits per heavy atom. The summed E-state index contributed by atoms with van der Waals surface area (Å²) in [5.41, 5.74) is 7.95. The van der Waals surface area contributed by atoms with Crippen molar-refractivity contribution in [2.24, 2.45) is 10.9 Å². The highest BCUT2D eigenvalue weighted by molar-refractivity contribution is 7.89. The van der Waals surface area contributed by atoms with Crippen molar-refractivity contribution in [3.8, 4) is 11.1 Å². The number of carbonyl (C=O) groups is 1. The second kappa shape index (κ2) is 11.0. The molecule has 0 bridgehead atoms. The molecule has 0 aliphatic carbocycles. The lowest BCUT2D eigenvalue weighted by atomic mass is 9.93. The molecular formula is C20H27N3O5S. The fourth-order valence-electron chi connectivity index (χ4n) is 2.87. The molecule has 0 unspecified atom stereocenters. The zero-order valence-corrected chi connectivity index (χ0v) is 17.2. The van der Waals surface area contributed by atoms with Crippen molar-refractivity contribution >= 4 is 15.9 Å². The van der Waals surface area contributed by atoms with Crippen molar-refractivity contribution < 1.29 is 22.7 Å². The molecule has 1 amide bonds. The maximum Gasteiger partial charge on any atom is 0.248 e. The van der Waals surface area contributed by atoms with Gasteiger partial charge < -0.3 is 20.5 Å². The molecule has 2 aromatic carbocycles. The SMILES string of the molecule is CNCCOCCOCCc1c(C(N)=O)cccc1-c1cccc(S(N)(=O)=O)c1. The summed E-state index contributed by atoms with van der Waals surface area (Å²) in [7, 11) is -1.99. The Bertz CT molecular complexity index is 931. The summed E-state index contributed by atoms with van der Waals surface area (Å²) in [4.78, 5) is 11.9. The Balaban J connectivity index is 2.18. The molecule has 0 saturated carbocycles. The summed E-state index contributed by atoms with van der Waals surface area (Å²) < 4.78 is 34.4. The van der Waals surface area contributed by atoms with E-state index in [4.69, 9.17) is 20.3 Å². The molecule has 0 aromatic heterocycles. The molecule has 9 heteroatoms. The van der Waals surface area contributed by atoms with Gasteiger partial charge in [0, 0.05) is 12.1 Å². The topological polar surface area (TPSA) is 134 Å². The number of rotatable bonds is 12. The van der Waals surface area contributed by atoms with Crippen LogP contribution in [0.5, 0.6) is 0 Å². The van der Waals surface area contributed by atoms with Crippen molar-refractivity contribution in [2.75, 3.05) is 40.0 Å². The second-order valence-electron chi connectivity index (χ2n) is 6.35. The van der Waals surface area contributed by atoms with Crippen LogP contribution < -0.4 is 16.2 Å². The van der Waals surface area contributed by atoms with Crippen LogP contribution in [0.4, 0.5) is 0 Å². The van der Waals surface area contributed by atoms with Gasteiger partial charge in [0.1, 0.15) is 0 Å². The van der Waals surface area contributed by atoms with E-state index < -0.39 is 15.9 Å². The minimum absolute atomic E-state index is 0.000367. The highest BCUT2D eigenvalue weighted by Crippen LogP contribution is 2.28. The first-order valence-corrected chi connectivity index (χ1v) is 10.7. The van der Waals surface area contributed by atoms with Crippen LogP contribution in [0, 0.1) is 0 Å². The number of hydrogen-bond donors (Lipinski definition) is 3. The standard InChI is InChI=1S/C20H27N3O5S/c1-23-9-11-28-13-12-27-10-8-18-17(6-3-7-19(18)20(21)24)15-4-2-5-16(14-15)29(22,25)26/h2-7,14,23H,8-13H2,1H3,(H2,21,24)(H2,22,25,26). The Labute approximate surface area is 171 Å². The normalized spacial score (nSPS) is 11.5. The highest BCUT2D eigenvalue weighted by atomic mass is 32.2. The second-order valence-corrected chi connectivity index (χ2v) is 7.91. The predicted molar refractivity (Wildman–Crippen MR) is 111 cm³/mol. The summed E-state index contributed by atoms with van der Waals surface area (Å²) in [6.45, 7) is 2.64. The van der Waals surface area contributed by atoms with E-state index in [1.807, 2.05) is 13.1 Å². The van der Waals surface area contributed by atoms with E-state index in [2.05, 4.69) is 5.32 Å². The number of carbonyl (C=O) groups excluding carboxylic acids is 1. The lowest BCUT2D eigenvalue weighted by Gasteiger charge is -2.14. The van der Waals surface area contributed by atoms with E-state index in [0.717, 1.165) is 6.54 Å². The molecule has 0 saturated heterocycles. The smallest absolute Gasteiger partial charge is 0.248 e. The average molecular weight is 422 g/mol. The molecule has 0 atom stereocenters. The summed E-state index contributed by atoms with van der Waals surface area (Å²) >= 11 is 0. The number of benzene rings is 2. The monoisotopic (exact) mass is 421 g/mol. The molecule has 2 aromatic rings. The summed E-state index contributed by atoms with van der Waals surface area (Å²) in [6.07, 6.45) is 0.435. The van der Waals surface area contributed by atoms with Crippen LogP contribution in [0.1, 0.15) is 15.9 Å². The van der Waals surface area contributed by atoms with Gasteiger partial charge in [0.05, 0.1) is 31.3 Å². The van der Waals surface area contributed by atoms with Gasteiger partial charge in [-0.15, -0.1) is 0 Å². The molecule has 0 aliphatic heterocycles. The largest absolute Gasteiger partial charge is 0.379 e. The minimum atomic E-state index is -3.84. The number of likely N-dealkylation sites (N-methyl/N-ethyl adjacent to an activating group) is 1. The number of primary sulfonamides is 1. The number of ether oxygens (including phenoxy) is 2. The van der Waals surface area contributed by atoms with Gasteiger partial charge >= 0.3 is 0 Å². The molecule has 0 heterocycles. The van der Waals surface area contributed by atoms with Gasteiger partial charge in [-0.25, -0.2) is 13.6 Å². The van der Waals surface area contributed by atoms with Gasteiger partial charge in [-0.3, -0.25) is 4.79 Å². The van der Waals surface area contributed by atoms with Crippen molar-refractivity contribution in [1.29, 1.82) is 0 Å². The Kier molecular flexibility index (Phi) is 8.74. The fourth-order valence-corrected chi connectivity index (χ4v) is 3.43. The van der Waals surface area contributed by atoms with E-state index in [-0.39, 0.29) is 4.90 Å². The highest BCUT2D eigenvalue weighted by Gasteiger charge is 2.16. The van der Waals surface area contributed by atoms with E-state index in [0.29, 0.717) is 55.1 Å². The molecule has 29 heavy (non-hydrogen) atoms. The Morgan fingerprint density at radius 1 is 1.03 bits per heavy atom. The Hall–Kier alpha value is -2.30. The number of amides is 1. The van der Waals surface area contributed by atoms with E-state index in [9.17, 15) is 13.2 Å². The summed E-state index contributed by atoms with van der Waals surface area (Å²) in [5.74, 6) is -0.556. The van der Waals surface area contributed by atoms with Gasteiger partial charge in [0.2, 0.25) is 15.9 Å². The lowest BCUT2D eigenvalue weighted by molar-refractivity contribution is 0.0504. The predicted octanol–water partition coefficient (Wildman–Crippen LogP) is 0.895. The van der Waals surface area contributed by atoms with E-state index in [1.54, 1.807) is 24.3 Å². The molecule has 5 N–H and O–H groups in total. The third-order valence-corrected chi connectivity index (χ3v) is 5.19. The number of nitrogens with two attached hydrogens (primary N) is 2. The molecule has 0 aliphatic rings. The van der Waals surface area contributed by atoms with Crippen molar-refractivity contribution in [3.05, 3.63) is 53.6 Å². The molecule has 158 valence electrons. The maximum absolute atomic E-state index is 11.9. The van der Waals surface area contributed by atoms with Gasteiger partial charge in [-0.1, -0.05) is 24.3 Å². The van der Waals surface area contributed by atoms with Crippen molar-refractivity contribution in [1.82, 2.24) is 5.32 Å². The molecule has 0 radical (unpaired) electrons. The lowest BCUT2D eigenvalue weighted by Crippen LogP contribution is -2.17. The summed E-state index contributed by atoms with van der Waals surface area (Å²) in [6, 6.07) is 11.4. The first-order valence-electron chi connectivity index (χ1n) is 9.19. The van der Waals surface area contributed by atoms with Crippen LogP contribution in [0.25, 0.3) is 11.1 Å². The maximum atomic E-state index is 11.9. The van der Waals surface area contributed by atoms with Crippen LogP contribution >= 0.6 is 0 Å². The van der Waals surface area contributed by atoms with Crippen LogP contribution in [0.3, 0.4) is 0 Å². The molecule has 2 rings (SSSR count). The molecule has 8 nitrogen and oxygen atoms in total. The Morgan fingerprint density at radius 2 is 1.72 bits per heavy atom. The first-order chi connectivity index (χ1) is 13.8. The van der Waals surface area contributed by atoms with Crippen LogP contribution in [0.2, 0.25) is 0 Å². The zero-order chi connectivity index (χ0) is 21.3. The third-order valence-electron chi connectivity index (χ3n) is 4.28. The first kappa shape index (κ1) is 23.0. The number of primary amides is 1. The minimum Gasteiger partial charge on any atom is -0.379 e. The molecule has 0 spiro atoms. The van der Waals surface area contributed by atoms with Crippen LogP contribution in [0.15, 0.2) is 47.4 Å².